The van der Waals surface area contributed by atoms with E-state index in [2.05, 4.69) is 9.97 Å². The van der Waals surface area contributed by atoms with Crippen LogP contribution in [0.2, 0.25) is 0 Å². The largest absolute Gasteiger partial charge is 0.393 e. The molecule has 1 aliphatic carbocycles. The summed E-state index contributed by atoms with van der Waals surface area (Å²) in [5, 5.41) is 20.3. The van der Waals surface area contributed by atoms with Gasteiger partial charge in [-0.3, -0.25) is 0 Å². The molecule has 0 amide bonds. The minimum Gasteiger partial charge on any atom is -0.393 e. The minimum atomic E-state index is -0.520. The Morgan fingerprint density at radius 2 is 2.09 bits per heavy atom. The van der Waals surface area contributed by atoms with Gasteiger partial charge in [0, 0.05) is 17.3 Å². The van der Waals surface area contributed by atoms with Crippen LogP contribution >= 0.6 is 0 Å². The van der Waals surface area contributed by atoms with Gasteiger partial charge >= 0.3 is 0 Å². The molecule has 0 radical (unpaired) electrons. The molecule has 0 bridgehead atoms. The van der Waals surface area contributed by atoms with Gasteiger partial charge in [-0.15, -0.1) is 0 Å². The maximum absolute atomic E-state index is 14.3. The zero-order chi connectivity index (χ0) is 16.0. The quantitative estimate of drug-likeness (QED) is 0.852. The van der Waals surface area contributed by atoms with Crippen LogP contribution in [0.25, 0.3) is 11.3 Å². The molecular formula is C17H20FN3O2. The third-order valence-electron chi connectivity index (χ3n) is 5.30. The predicted octanol–water partition coefficient (Wildman–Crippen LogP) is 2.29. The number of halogens is 1. The van der Waals surface area contributed by atoms with E-state index in [0.29, 0.717) is 12.0 Å². The Bertz CT molecular complexity index is 710. The van der Waals surface area contributed by atoms with Crippen LogP contribution in [0.1, 0.15) is 43.7 Å². The van der Waals surface area contributed by atoms with Crippen molar-refractivity contribution in [2.75, 3.05) is 0 Å². The monoisotopic (exact) mass is 317 g/mol. The van der Waals surface area contributed by atoms with Crippen molar-refractivity contribution in [3.63, 3.8) is 0 Å². The minimum absolute atomic E-state index is 0.161. The van der Waals surface area contributed by atoms with Crippen molar-refractivity contribution in [1.82, 2.24) is 14.5 Å². The van der Waals surface area contributed by atoms with Gasteiger partial charge < -0.3 is 14.8 Å². The van der Waals surface area contributed by atoms with E-state index in [4.69, 9.17) is 0 Å². The van der Waals surface area contributed by atoms with Crippen molar-refractivity contribution in [3.05, 3.63) is 36.3 Å². The number of rotatable bonds is 3. The van der Waals surface area contributed by atoms with E-state index in [1.807, 2.05) is 4.57 Å². The first-order chi connectivity index (χ1) is 11.1. The summed E-state index contributed by atoms with van der Waals surface area (Å²) in [6.45, 7) is 0. The number of hydrogen-bond donors (Lipinski definition) is 2. The first kappa shape index (κ1) is 14.8. The molecule has 6 heteroatoms. The molecule has 3 heterocycles. The maximum Gasteiger partial charge on any atom is 0.218 e. The van der Waals surface area contributed by atoms with Crippen molar-refractivity contribution in [2.24, 2.45) is 5.92 Å². The van der Waals surface area contributed by atoms with E-state index >= 15 is 0 Å². The van der Waals surface area contributed by atoms with Gasteiger partial charge in [-0.05, 0) is 44.1 Å². The average molecular weight is 317 g/mol. The summed E-state index contributed by atoms with van der Waals surface area (Å²) in [6, 6.07) is 1.54. The van der Waals surface area contributed by atoms with Crippen molar-refractivity contribution < 1.29 is 14.6 Å². The number of aromatic nitrogens is 3. The third kappa shape index (κ3) is 2.46. The molecule has 2 aromatic rings. The Kier molecular flexibility index (Phi) is 3.66. The molecule has 23 heavy (non-hydrogen) atoms. The highest BCUT2D eigenvalue weighted by Crippen LogP contribution is 2.43. The summed E-state index contributed by atoms with van der Waals surface area (Å²) in [7, 11) is 0. The topological polar surface area (TPSA) is 71.2 Å². The summed E-state index contributed by atoms with van der Waals surface area (Å²) >= 11 is 0. The SMILES string of the molecule is OC1CCC(C(O)CC2c3c(ccnc3F)-c3cncn32)CC1. The van der Waals surface area contributed by atoms with Gasteiger partial charge in [-0.25, -0.2) is 9.97 Å². The van der Waals surface area contributed by atoms with Crippen LogP contribution in [0.4, 0.5) is 4.39 Å². The lowest BCUT2D eigenvalue weighted by molar-refractivity contribution is 0.0328. The molecule has 2 aromatic heterocycles. The van der Waals surface area contributed by atoms with E-state index < -0.39 is 12.1 Å². The molecule has 0 aromatic carbocycles. The lowest BCUT2D eigenvalue weighted by Gasteiger charge is -2.31. The van der Waals surface area contributed by atoms with Crippen molar-refractivity contribution in [1.29, 1.82) is 0 Å². The van der Waals surface area contributed by atoms with Crippen LogP contribution in [0, 0.1) is 11.9 Å². The fourth-order valence-corrected chi connectivity index (χ4v) is 4.03. The molecule has 5 nitrogen and oxygen atoms in total. The summed E-state index contributed by atoms with van der Waals surface area (Å²) in [5.74, 6) is -0.309. The van der Waals surface area contributed by atoms with Gasteiger partial charge in [-0.1, -0.05) is 0 Å². The third-order valence-corrected chi connectivity index (χ3v) is 5.30. The number of fused-ring (bicyclic) bond motifs is 3. The van der Waals surface area contributed by atoms with Crippen LogP contribution in [0.5, 0.6) is 0 Å². The highest BCUT2D eigenvalue weighted by molar-refractivity contribution is 5.68. The van der Waals surface area contributed by atoms with E-state index in [1.54, 1.807) is 18.6 Å². The number of aliphatic hydroxyl groups is 2. The normalized spacial score (nSPS) is 27.5. The molecule has 2 atom stereocenters. The molecule has 122 valence electrons. The van der Waals surface area contributed by atoms with Crippen LogP contribution < -0.4 is 0 Å². The Morgan fingerprint density at radius 1 is 1.30 bits per heavy atom. The first-order valence-electron chi connectivity index (χ1n) is 8.18. The summed E-state index contributed by atoms with van der Waals surface area (Å²) < 4.78 is 16.2. The Morgan fingerprint density at radius 3 is 2.87 bits per heavy atom. The fourth-order valence-electron chi connectivity index (χ4n) is 4.03. The summed E-state index contributed by atoms with van der Waals surface area (Å²) in [6.07, 6.45) is 7.65. The lowest BCUT2D eigenvalue weighted by atomic mass is 9.81. The molecule has 1 saturated carbocycles. The summed E-state index contributed by atoms with van der Waals surface area (Å²) in [5.41, 5.74) is 2.24. The maximum atomic E-state index is 14.3. The number of nitrogens with zero attached hydrogens (tertiary/aromatic N) is 3. The van der Waals surface area contributed by atoms with E-state index in [1.165, 1.54) is 6.20 Å². The van der Waals surface area contributed by atoms with Gasteiger partial charge in [0.1, 0.15) is 0 Å². The van der Waals surface area contributed by atoms with Gasteiger partial charge in [0.2, 0.25) is 5.95 Å². The second-order valence-electron chi connectivity index (χ2n) is 6.64. The fraction of sp³-hybridized carbons (Fsp3) is 0.529. The van der Waals surface area contributed by atoms with Crippen molar-refractivity contribution in [2.45, 2.75) is 50.4 Å². The molecule has 1 fully saturated rings. The molecule has 4 rings (SSSR count). The van der Waals surface area contributed by atoms with Crippen LogP contribution in [-0.4, -0.2) is 37.0 Å². The Balaban J connectivity index is 1.60. The highest BCUT2D eigenvalue weighted by atomic mass is 19.1. The van der Waals surface area contributed by atoms with Crippen LogP contribution in [0.3, 0.4) is 0 Å². The lowest BCUT2D eigenvalue weighted by Crippen LogP contribution is -2.29. The zero-order valence-corrected chi connectivity index (χ0v) is 12.8. The zero-order valence-electron chi connectivity index (χ0n) is 12.8. The van der Waals surface area contributed by atoms with Gasteiger partial charge in [-0.2, -0.15) is 4.39 Å². The predicted molar refractivity (Wildman–Crippen MR) is 82.1 cm³/mol. The number of hydrogen-bond acceptors (Lipinski definition) is 4. The molecule has 2 N–H and O–H groups in total. The molecule has 0 spiro atoms. The smallest absolute Gasteiger partial charge is 0.218 e. The highest BCUT2D eigenvalue weighted by Gasteiger charge is 2.35. The van der Waals surface area contributed by atoms with Crippen LogP contribution in [-0.2, 0) is 0 Å². The number of pyridine rings is 1. The first-order valence-corrected chi connectivity index (χ1v) is 8.18. The van der Waals surface area contributed by atoms with E-state index in [0.717, 1.165) is 36.9 Å². The van der Waals surface area contributed by atoms with Crippen molar-refractivity contribution in [3.8, 4) is 11.3 Å². The molecule has 2 unspecified atom stereocenters. The van der Waals surface area contributed by atoms with Crippen molar-refractivity contribution >= 4 is 0 Å². The average Bonchev–Trinajstić information content (AvgIpc) is 3.12. The van der Waals surface area contributed by atoms with Crippen LogP contribution in [0.15, 0.2) is 24.8 Å². The molecular weight excluding hydrogens is 297 g/mol. The molecule has 0 saturated heterocycles. The van der Waals surface area contributed by atoms with Gasteiger partial charge in [0.15, 0.2) is 0 Å². The van der Waals surface area contributed by atoms with Gasteiger partial charge in [0.25, 0.3) is 0 Å². The second-order valence-corrected chi connectivity index (χ2v) is 6.64. The number of imidazole rings is 1. The number of aliphatic hydroxyl groups excluding tert-OH is 2. The Hall–Kier alpha value is -1.79. The van der Waals surface area contributed by atoms with E-state index in [9.17, 15) is 14.6 Å². The second kappa shape index (κ2) is 5.69. The standard InChI is InChI=1S/C17H20FN3O2/c18-17-16-12(5-6-20-17)14-8-19-9-21(14)13(16)7-15(23)10-1-3-11(22)4-2-10/h5-6,8-11,13,15,22-23H,1-4,7H2. The van der Waals surface area contributed by atoms with Gasteiger partial charge in [0.05, 0.1) is 36.5 Å². The molecule has 2 aliphatic rings. The molecule has 1 aliphatic heterocycles. The summed E-state index contributed by atoms with van der Waals surface area (Å²) in [4.78, 5) is 7.94. The van der Waals surface area contributed by atoms with E-state index in [-0.39, 0.29) is 18.1 Å². The Labute approximate surface area is 133 Å².